The van der Waals surface area contributed by atoms with Crippen LogP contribution in [0.4, 0.5) is 5.82 Å². The maximum Gasteiger partial charge on any atom is 0.253 e. The third-order valence-electron chi connectivity index (χ3n) is 6.99. The summed E-state index contributed by atoms with van der Waals surface area (Å²) >= 11 is 6.49. The predicted octanol–water partition coefficient (Wildman–Crippen LogP) is 4.82. The van der Waals surface area contributed by atoms with Crippen LogP contribution in [0.15, 0.2) is 91.1 Å². The first kappa shape index (κ1) is 25.0. The number of benzene rings is 3. The second-order valence-electron chi connectivity index (χ2n) is 9.72. The van der Waals surface area contributed by atoms with Gasteiger partial charge in [0.1, 0.15) is 25.2 Å². The van der Waals surface area contributed by atoms with Crippen molar-refractivity contribution in [3.63, 3.8) is 0 Å². The number of hydrogen-bond acceptors (Lipinski definition) is 5. The lowest BCUT2D eigenvalue weighted by Gasteiger charge is -2.33. The van der Waals surface area contributed by atoms with Gasteiger partial charge in [-0.05, 0) is 54.7 Å². The Labute approximate surface area is 232 Å². The molecule has 0 saturated carbocycles. The van der Waals surface area contributed by atoms with Crippen LogP contribution >= 0.6 is 11.6 Å². The fourth-order valence-corrected chi connectivity index (χ4v) is 5.15. The topological polar surface area (TPSA) is 71.8 Å². The molecule has 1 aliphatic rings. The third-order valence-corrected chi connectivity index (χ3v) is 7.32. The van der Waals surface area contributed by atoms with Crippen LogP contribution < -0.4 is 15.5 Å². The lowest BCUT2D eigenvalue weighted by Crippen LogP contribution is -2.42. The molecule has 5 aromatic rings. The second kappa shape index (κ2) is 10.8. The van der Waals surface area contributed by atoms with E-state index in [1.54, 1.807) is 0 Å². The Morgan fingerprint density at radius 2 is 1.69 bits per heavy atom. The molecule has 39 heavy (non-hydrogen) atoms. The van der Waals surface area contributed by atoms with Crippen LogP contribution in [0.5, 0.6) is 11.5 Å². The summed E-state index contributed by atoms with van der Waals surface area (Å²) in [7, 11) is 2.00. The Bertz CT molecular complexity index is 1630. The van der Waals surface area contributed by atoms with E-state index in [0.717, 1.165) is 46.8 Å². The number of ether oxygens (including phenoxy) is 1. The van der Waals surface area contributed by atoms with Crippen molar-refractivity contribution in [3.8, 4) is 22.8 Å². The minimum atomic E-state index is 0.0157. The number of para-hydroxylation sites is 1. The molecule has 2 aromatic heterocycles. The van der Waals surface area contributed by atoms with Crippen LogP contribution in [0.25, 0.3) is 16.9 Å². The molecule has 1 N–H and O–H groups in total. The quantitative estimate of drug-likeness (QED) is 0.316. The summed E-state index contributed by atoms with van der Waals surface area (Å²) in [6.45, 7) is 1.31. The van der Waals surface area contributed by atoms with Crippen LogP contribution in [0.3, 0.4) is 0 Å². The van der Waals surface area contributed by atoms with Gasteiger partial charge in [0.2, 0.25) is 0 Å². The van der Waals surface area contributed by atoms with Crippen LogP contribution in [-0.4, -0.2) is 52.4 Å². The van der Waals surface area contributed by atoms with E-state index in [4.69, 9.17) is 21.3 Å². The number of fused-ring (bicyclic) bond motifs is 1. The SMILES string of the molecule is Bc1cnn2c(NC3CCN(C(=O)c4cccc(Oc5ccccc5)c4)CC3)cc(-c3ccccc3Cl)nc12. The van der Waals surface area contributed by atoms with E-state index in [1.165, 1.54) is 0 Å². The molecule has 0 atom stereocenters. The molecule has 1 aliphatic heterocycles. The molecule has 3 heterocycles. The number of rotatable bonds is 6. The lowest BCUT2D eigenvalue weighted by molar-refractivity contribution is 0.0718. The van der Waals surface area contributed by atoms with E-state index in [2.05, 4.69) is 10.4 Å². The van der Waals surface area contributed by atoms with Crippen molar-refractivity contribution >= 4 is 42.3 Å². The highest BCUT2D eigenvalue weighted by Gasteiger charge is 2.25. The molecule has 0 spiro atoms. The fourth-order valence-electron chi connectivity index (χ4n) is 4.92. The van der Waals surface area contributed by atoms with Crippen molar-refractivity contribution < 1.29 is 9.53 Å². The molecule has 3 aromatic carbocycles. The molecule has 7 nitrogen and oxygen atoms in total. The number of nitrogens with one attached hydrogen (secondary N) is 1. The molecular formula is C30H27BClN5O2. The van der Waals surface area contributed by atoms with E-state index >= 15 is 0 Å². The van der Waals surface area contributed by atoms with Gasteiger partial charge in [-0.1, -0.05) is 54.1 Å². The highest BCUT2D eigenvalue weighted by molar-refractivity contribution is 6.36. The van der Waals surface area contributed by atoms with Crippen molar-refractivity contribution in [2.24, 2.45) is 0 Å². The number of amides is 1. The van der Waals surface area contributed by atoms with E-state index < -0.39 is 0 Å². The van der Waals surface area contributed by atoms with Crippen LogP contribution in [0.1, 0.15) is 23.2 Å². The Morgan fingerprint density at radius 1 is 0.949 bits per heavy atom. The predicted molar refractivity (Wildman–Crippen MR) is 157 cm³/mol. The molecule has 1 saturated heterocycles. The molecule has 9 heteroatoms. The van der Waals surface area contributed by atoms with Gasteiger partial charge in [-0.15, -0.1) is 0 Å². The zero-order valence-electron chi connectivity index (χ0n) is 21.5. The summed E-state index contributed by atoms with van der Waals surface area (Å²) in [5, 5.41) is 8.86. The minimum Gasteiger partial charge on any atom is -0.457 e. The average Bonchev–Trinajstić information content (AvgIpc) is 3.35. The van der Waals surface area contributed by atoms with Gasteiger partial charge in [0.25, 0.3) is 5.91 Å². The zero-order chi connectivity index (χ0) is 26.8. The first-order valence-electron chi connectivity index (χ1n) is 13.0. The van der Waals surface area contributed by atoms with E-state index in [0.29, 0.717) is 29.4 Å². The number of anilines is 1. The first-order valence-corrected chi connectivity index (χ1v) is 13.4. The molecular weight excluding hydrogens is 509 g/mol. The number of carbonyl (C=O) groups excluding carboxylic acids is 1. The van der Waals surface area contributed by atoms with Gasteiger partial charge in [-0.25, -0.2) is 4.98 Å². The van der Waals surface area contributed by atoms with Gasteiger partial charge >= 0.3 is 0 Å². The molecule has 194 valence electrons. The first-order chi connectivity index (χ1) is 19.0. The molecule has 1 fully saturated rings. The summed E-state index contributed by atoms with van der Waals surface area (Å²) in [4.78, 5) is 20.0. The van der Waals surface area contributed by atoms with Crippen LogP contribution in [0, 0.1) is 0 Å². The van der Waals surface area contributed by atoms with E-state index in [1.807, 2.05) is 108 Å². The number of carbonyl (C=O) groups is 1. The number of nitrogens with zero attached hydrogens (tertiary/aromatic N) is 4. The van der Waals surface area contributed by atoms with Crippen LogP contribution in [-0.2, 0) is 0 Å². The summed E-state index contributed by atoms with van der Waals surface area (Å²) < 4.78 is 7.76. The fraction of sp³-hybridized carbons (Fsp3) is 0.167. The summed E-state index contributed by atoms with van der Waals surface area (Å²) in [5.41, 5.74) is 4.08. The molecule has 0 radical (unpaired) electrons. The van der Waals surface area contributed by atoms with Gasteiger partial charge in [-0.2, -0.15) is 9.61 Å². The smallest absolute Gasteiger partial charge is 0.253 e. The molecule has 0 unspecified atom stereocenters. The second-order valence-corrected chi connectivity index (χ2v) is 10.1. The normalized spacial score (nSPS) is 13.9. The Hall–Kier alpha value is -4.30. The van der Waals surface area contributed by atoms with Crippen molar-refractivity contribution in [2.75, 3.05) is 18.4 Å². The molecule has 6 rings (SSSR count). The monoisotopic (exact) mass is 535 g/mol. The Kier molecular flexibility index (Phi) is 6.94. The minimum absolute atomic E-state index is 0.0157. The number of aromatic nitrogens is 3. The van der Waals surface area contributed by atoms with Crippen molar-refractivity contribution in [3.05, 3.63) is 102 Å². The number of likely N-dealkylation sites (tertiary alicyclic amines) is 1. The maximum atomic E-state index is 13.3. The number of halogens is 1. The standard InChI is InChI=1S/C30H27BClN5O2/c31-25-19-33-37-28(18-27(35-29(25)37)24-11-4-5-12-26(24)32)34-21-13-15-36(16-14-21)30(38)20-7-6-10-23(17-20)39-22-8-2-1-3-9-22/h1-12,17-19,21,34H,13-16,31H2. The zero-order valence-corrected chi connectivity index (χ0v) is 22.3. The lowest BCUT2D eigenvalue weighted by atomic mass is 10.0. The molecule has 0 bridgehead atoms. The van der Waals surface area contributed by atoms with Crippen LogP contribution in [0.2, 0.25) is 5.02 Å². The summed E-state index contributed by atoms with van der Waals surface area (Å²) in [6.07, 6.45) is 3.45. The highest BCUT2D eigenvalue weighted by atomic mass is 35.5. The van der Waals surface area contributed by atoms with Crippen molar-refractivity contribution in [2.45, 2.75) is 18.9 Å². The third kappa shape index (κ3) is 5.33. The Balaban J connectivity index is 1.15. The van der Waals surface area contributed by atoms with Gasteiger partial charge in [-0.3, -0.25) is 4.79 Å². The largest absolute Gasteiger partial charge is 0.457 e. The summed E-state index contributed by atoms with van der Waals surface area (Å²) in [6, 6.07) is 26.8. The van der Waals surface area contributed by atoms with Gasteiger partial charge in [0, 0.05) is 47.5 Å². The maximum absolute atomic E-state index is 13.3. The Morgan fingerprint density at radius 3 is 2.49 bits per heavy atom. The molecule has 1 amide bonds. The highest BCUT2D eigenvalue weighted by Crippen LogP contribution is 2.29. The van der Waals surface area contributed by atoms with Crippen molar-refractivity contribution in [1.29, 1.82) is 0 Å². The number of hydrogen-bond donors (Lipinski definition) is 1. The van der Waals surface area contributed by atoms with Gasteiger partial charge in [0.05, 0.1) is 5.69 Å². The van der Waals surface area contributed by atoms with E-state index in [-0.39, 0.29) is 11.9 Å². The van der Waals surface area contributed by atoms with Gasteiger partial charge in [0.15, 0.2) is 5.65 Å². The number of piperidine rings is 1. The summed E-state index contributed by atoms with van der Waals surface area (Å²) in [5.74, 6) is 2.26. The molecule has 0 aliphatic carbocycles. The van der Waals surface area contributed by atoms with E-state index in [9.17, 15) is 4.79 Å². The van der Waals surface area contributed by atoms with Gasteiger partial charge < -0.3 is 15.0 Å². The average molecular weight is 536 g/mol. The van der Waals surface area contributed by atoms with Crippen molar-refractivity contribution in [1.82, 2.24) is 19.5 Å².